The maximum absolute atomic E-state index is 12.4. The van der Waals surface area contributed by atoms with E-state index in [9.17, 15) is 4.79 Å². The second-order valence-corrected chi connectivity index (χ2v) is 6.56. The fourth-order valence-electron chi connectivity index (χ4n) is 3.00. The molecule has 1 fully saturated rings. The number of nitrogens with one attached hydrogen (secondary N) is 2. The number of hydrogen-bond donors (Lipinski definition) is 2. The molecule has 2 N–H and O–H groups in total. The molecule has 0 aliphatic carbocycles. The topological polar surface area (TPSA) is 60.6 Å². The molecule has 130 valence electrons. The minimum Gasteiger partial charge on any atom is -0.379 e. The van der Waals surface area contributed by atoms with Crippen molar-refractivity contribution < 1.29 is 9.53 Å². The van der Waals surface area contributed by atoms with Gasteiger partial charge in [-0.2, -0.15) is 0 Å². The number of carbonyl (C=O) groups is 1. The van der Waals surface area contributed by atoms with Crippen LogP contribution in [-0.2, 0) is 4.74 Å². The van der Waals surface area contributed by atoms with Crippen LogP contribution >= 0.6 is 0 Å². The van der Waals surface area contributed by atoms with E-state index in [2.05, 4.69) is 34.3 Å². The molecule has 1 unspecified atom stereocenters. The molecular formula is C18H26N4O2. The van der Waals surface area contributed by atoms with Crippen molar-refractivity contribution >= 4 is 22.5 Å². The van der Waals surface area contributed by atoms with Crippen LogP contribution in [0, 0.1) is 0 Å². The van der Waals surface area contributed by atoms with Gasteiger partial charge in [0, 0.05) is 56.4 Å². The Morgan fingerprint density at radius 3 is 2.79 bits per heavy atom. The second-order valence-electron chi connectivity index (χ2n) is 6.56. The lowest BCUT2D eigenvalue weighted by Gasteiger charge is -2.32. The van der Waals surface area contributed by atoms with E-state index in [1.54, 1.807) is 0 Å². The van der Waals surface area contributed by atoms with Crippen LogP contribution < -0.4 is 10.2 Å². The van der Waals surface area contributed by atoms with Crippen molar-refractivity contribution in [3.8, 4) is 0 Å². The van der Waals surface area contributed by atoms with Crippen LogP contribution in [0.25, 0.3) is 10.9 Å². The summed E-state index contributed by atoms with van der Waals surface area (Å²) in [6.07, 6.45) is 0. The van der Waals surface area contributed by atoms with Gasteiger partial charge in [-0.3, -0.25) is 9.69 Å². The lowest BCUT2D eigenvalue weighted by molar-refractivity contribution is 0.0204. The number of amides is 1. The van der Waals surface area contributed by atoms with Gasteiger partial charge in [0.2, 0.25) is 0 Å². The zero-order valence-electron chi connectivity index (χ0n) is 14.6. The number of hydrogen-bond acceptors (Lipinski definition) is 4. The van der Waals surface area contributed by atoms with Gasteiger partial charge in [0.1, 0.15) is 5.69 Å². The zero-order chi connectivity index (χ0) is 17.1. The van der Waals surface area contributed by atoms with Gasteiger partial charge in [-0.05, 0) is 25.1 Å². The number of fused-ring (bicyclic) bond motifs is 1. The Kier molecular flexibility index (Phi) is 5.06. The van der Waals surface area contributed by atoms with Crippen molar-refractivity contribution in [1.29, 1.82) is 0 Å². The van der Waals surface area contributed by atoms with Crippen LogP contribution in [0.5, 0.6) is 0 Å². The van der Waals surface area contributed by atoms with E-state index in [0.29, 0.717) is 18.3 Å². The summed E-state index contributed by atoms with van der Waals surface area (Å²) in [7, 11) is 4.01. The third kappa shape index (κ3) is 3.71. The highest BCUT2D eigenvalue weighted by Gasteiger charge is 2.18. The molecule has 0 bridgehead atoms. The number of aromatic amines is 1. The Morgan fingerprint density at radius 1 is 1.33 bits per heavy atom. The summed E-state index contributed by atoms with van der Waals surface area (Å²) < 4.78 is 5.37. The van der Waals surface area contributed by atoms with E-state index in [0.717, 1.165) is 42.9 Å². The number of nitrogens with zero attached hydrogens (tertiary/aromatic N) is 2. The lowest BCUT2D eigenvalue weighted by Crippen LogP contribution is -2.47. The third-order valence-electron chi connectivity index (χ3n) is 4.59. The molecule has 1 saturated heterocycles. The number of rotatable bonds is 5. The highest BCUT2D eigenvalue weighted by atomic mass is 16.5. The minimum atomic E-state index is -0.0577. The van der Waals surface area contributed by atoms with Gasteiger partial charge >= 0.3 is 0 Å². The van der Waals surface area contributed by atoms with Gasteiger partial charge in [-0.25, -0.2) is 0 Å². The molecule has 2 aromatic rings. The van der Waals surface area contributed by atoms with Crippen LogP contribution in [-0.4, -0.2) is 68.8 Å². The molecule has 0 spiro atoms. The Hall–Kier alpha value is -2.05. The average Bonchev–Trinajstić information content (AvgIpc) is 3.03. The molecule has 3 rings (SSSR count). The van der Waals surface area contributed by atoms with Crippen molar-refractivity contribution in [2.45, 2.75) is 13.0 Å². The van der Waals surface area contributed by atoms with Gasteiger partial charge in [-0.1, -0.05) is 6.07 Å². The first kappa shape index (κ1) is 16.8. The monoisotopic (exact) mass is 330 g/mol. The van der Waals surface area contributed by atoms with Crippen molar-refractivity contribution in [3.63, 3.8) is 0 Å². The molecule has 1 aliphatic rings. The molecule has 0 radical (unpaired) electrons. The van der Waals surface area contributed by atoms with Crippen LogP contribution in [0.15, 0.2) is 24.3 Å². The van der Waals surface area contributed by atoms with Gasteiger partial charge in [-0.15, -0.1) is 0 Å². The number of anilines is 1. The summed E-state index contributed by atoms with van der Waals surface area (Å²) in [6.45, 7) is 6.17. The number of aromatic nitrogens is 1. The molecule has 1 aliphatic heterocycles. The largest absolute Gasteiger partial charge is 0.379 e. The fourth-order valence-corrected chi connectivity index (χ4v) is 3.00. The van der Waals surface area contributed by atoms with E-state index in [1.807, 2.05) is 31.1 Å². The highest BCUT2D eigenvalue weighted by molar-refractivity contribution is 5.98. The molecule has 6 heteroatoms. The quantitative estimate of drug-likeness (QED) is 0.876. The highest BCUT2D eigenvalue weighted by Crippen LogP contribution is 2.21. The van der Waals surface area contributed by atoms with Crippen molar-refractivity contribution in [2.24, 2.45) is 0 Å². The first-order chi connectivity index (χ1) is 11.5. The Bertz CT molecular complexity index is 704. The normalized spacial score (nSPS) is 17.0. The molecule has 1 aromatic carbocycles. The molecule has 2 heterocycles. The van der Waals surface area contributed by atoms with E-state index < -0.39 is 0 Å². The summed E-state index contributed by atoms with van der Waals surface area (Å²) in [4.78, 5) is 20.0. The van der Waals surface area contributed by atoms with Crippen LogP contribution in [0.4, 0.5) is 5.69 Å². The van der Waals surface area contributed by atoms with Crippen LogP contribution in [0.2, 0.25) is 0 Å². The van der Waals surface area contributed by atoms with E-state index in [1.165, 1.54) is 0 Å². The summed E-state index contributed by atoms with van der Waals surface area (Å²) in [6, 6.07) is 8.36. The standard InChI is InChI=1S/C18H26N4O2/c1-13(22-6-8-24-9-7-22)12-19-18(23)17-10-14-4-5-15(21(2)3)11-16(14)20-17/h4-5,10-11,13,20H,6-9,12H2,1-3H3,(H,19,23). The summed E-state index contributed by atoms with van der Waals surface area (Å²) in [5, 5.41) is 4.08. The SMILES string of the molecule is CC(CNC(=O)c1cc2ccc(N(C)C)cc2[nH]1)N1CCOCC1. The molecule has 6 nitrogen and oxygen atoms in total. The number of ether oxygens (including phenoxy) is 1. The maximum atomic E-state index is 12.4. The van der Waals surface area contributed by atoms with E-state index in [-0.39, 0.29) is 5.91 Å². The number of carbonyl (C=O) groups excluding carboxylic acids is 1. The Balaban J connectivity index is 1.63. The molecule has 24 heavy (non-hydrogen) atoms. The molecular weight excluding hydrogens is 304 g/mol. The molecule has 1 amide bonds. The Morgan fingerprint density at radius 2 is 2.08 bits per heavy atom. The zero-order valence-corrected chi connectivity index (χ0v) is 14.6. The van der Waals surface area contributed by atoms with Crippen molar-refractivity contribution in [3.05, 3.63) is 30.0 Å². The van der Waals surface area contributed by atoms with Gasteiger partial charge in [0.25, 0.3) is 5.91 Å². The second kappa shape index (κ2) is 7.23. The van der Waals surface area contributed by atoms with Crippen molar-refractivity contribution in [2.75, 3.05) is 51.8 Å². The molecule has 0 saturated carbocycles. The number of morpholine rings is 1. The number of benzene rings is 1. The summed E-state index contributed by atoms with van der Waals surface area (Å²) in [5.74, 6) is -0.0577. The predicted octanol–water partition coefficient (Wildman–Crippen LogP) is 1.68. The summed E-state index contributed by atoms with van der Waals surface area (Å²) in [5.41, 5.74) is 2.69. The minimum absolute atomic E-state index is 0.0577. The Labute approximate surface area is 142 Å². The predicted molar refractivity (Wildman–Crippen MR) is 96.8 cm³/mol. The van der Waals surface area contributed by atoms with E-state index >= 15 is 0 Å². The fraction of sp³-hybridized carbons (Fsp3) is 0.500. The molecule has 1 atom stereocenters. The molecule has 1 aromatic heterocycles. The average molecular weight is 330 g/mol. The third-order valence-corrected chi connectivity index (χ3v) is 4.59. The van der Waals surface area contributed by atoms with Gasteiger partial charge in [0.15, 0.2) is 0 Å². The summed E-state index contributed by atoms with van der Waals surface area (Å²) >= 11 is 0. The smallest absolute Gasteiger partial charge is 0.267 e. The van der Waals surface area contributed by atoms with Crippen LogP contribution in [0.1, 0.15) is 17.4 Å². The van der Waals surface area contributed by atoms with Gasteiger partial charge < -0.3 is 19.9 Å². The van der Waals surface area contributed by atoms with Crippen molar-refractivity contribution in [1.82, 2.24) is 15.2 Å². The van der Waals surface area contributed by atoms with Gasteiger partial charge in [0.05, 0.1) is 13.2 Å². The maximum Gasteiger partial charge on any atom is 0.267 e. The first-order valence-electron chi connectivity index (χ1n) is 8.44. The van der Waals surface area contributed by atoms with Crippen LogP contribution in [0.3, 0.4) is 0 Å². The lowest BCUT2D eigenvalue weighted by atomic mass is 10.2. The first-order valence-corrected chi connectivity index (χ1v) is 8.44. The number of H-pyrrole nitrogens is 1. The van der Waals surface area contributed by atoms with E-state index in [4.69, 9.17) is 4.74 Å².